The fourth-order valence-electron chi connectivity index (χ4n) is 2.79. The van der Waals surface area contributed by atoms with Gasteiger partial charge in [-0.15, -0.1) is 0 Å². The number of hydrogen-bond donors (Lipinski definition) is 3. The van der Waals surface area contributed by atoms with Gasteiger partial charge in [0.05, 0.1) is 6.61 Å². The van der Waals surface area contributed by atoms with Crippen molar-refractivity contribution in [1.82, 2.24) is 5.32 Å². The number of piperidine rings is 1. The van der Waals surface area contributed by atoms with Crippen molar-refractivity contribution >= 4 is 0 Å². The van der Waals surface area contributed by atoms with Crippen molar-refractivity contribution in [3.05, 3.63) is 0 Å². The minimum Gasteiger partial charge on any atom is -0.396 e. The molecular weight excluding hydrogens is 152 g/mol. The summed E-state index contributed by atoms with van der Waals surface area (Å²) >= 11 is 0. The summed E-state index contributed by atoms with van der Waals surface area (Å²) in [4.78, 5) is 0. The van der Waals surface area contributed by atoms with Gasteiger partial charge in [0, 0.05) is 12.0 Å². The molecule has 0 bridgehead atoms. The third-order valence-electron chi connectivity index (χ3n) is 3.93. The topological polar surface area (TPSA) is 58.3 Å². The van der Waals surface area contributed by atoms with Crippen LogP contribution in [-0.2, 0) is 0 Å². The average Bonchev–Trinajstić information content (AvgIpc) is 2.75. The first kappa shape index (κ1) is 8.48. The van der Waals surface area contributed by atoms with Crippen molar-refractivity contribution in [1.29, 1.82) is 0 Å². The van der Waals surface area contributed by atoms with Crippen molar-refractivity contribution in [3.63, 3.8) is 0 Å². The number of aliphatic hydroxyl groups is 1. The molecule has 2 aliphatic rings. The van der Waals surface area contributed by atoms with E-state index in [-0.39, 0.29) is 12.0 Å². The van der Waals surface area contributed by atoms with E-state index in [9.17, 15) is 5.11 Å². The zero-order valence-electron chi connectivity index (χ0n) is 7.47. The Kier molecular flexibility index (Phi) is 1.90. The molecule has 2 rings (SSSR count). The van der Waals surface area contributed by atoms with Crippen molar-refractivity contribution in [3.8, 4) is 0 Å². The SMILES string of the molecule is NCC1(CO)CC12CCNCC2. The molecule has 1 spiro atoms. The molecule has 1 heterocycles. The molecule has 1 saturated heterocycles. The molecule has 1 aliphatic carbocycles. The Morgan fingerprint density at radius 3 is 2.42 bits per heavy atom. The van der Waals surface area contributed by atoms with Crippen molar-refractivity contribution in [2.75, 3.05) is 26.2 Å². The first-order chi connectivity index (χ1) is 5.79. The highest BCUT2D eigenvalue weighted by Gasteiger charge is 2.65. The molecule has 3 nitrogen and oxygen atoms in total. The van der Waals surface area contributed by atoms with E-state index in [4.69, 9.17) is 5.73 Å². The van der Waals surface area contributed by atoms with E-state index in [2.05, 4.69) is 5.32 Å². The second kappa shape index (κ2) is 2.69. The molecule has 1 aliphatic heterocycles. The zero-order chi connectivity index (χ0) is 8.66. The van der Waals surface area contributed by atoms with Gasteiger partial charge in [0.15, 0.2) is 0 Å². The summed E-state index contributed by atoms with van der Waals surface area (Å²) in [5, 5.41) is 12.6. The van der Waals surface area contributed by atoms with Crippen LogP contribution in [0.5, 0.6) is 0 Å². The summed E-state index contributed by atoms with van der Waals surface area (Å²) in [5.41, 5.74) is 6.20. The Bertz CT molecular complexity index is 171. The normalized spacial score (nSPS) is 38.5. The Balaban J connectivity index is 2.05. The highest BCUT2D eigenvalue weighted by molar-refractivity contribution is 5.15. The van der Waals surface area contributed by atoms with E-state index in [0.717, 1.165) is 19.5 Å². The molecule has 0 aromatic carbocycles. The van der Waals surface area contributed by atoms with E-state index < -0.39 is 0 Å². The highest BCUT2D eigenvalue weighted by Crippen LogP contribution is 2.67. The van der Waals surface area contributed by atoms with E-state index in [1.807, 2.05) is 0 Å². The van der Waals surface area contributed by atoms with Gasteiger partial charge in [-0.05, 0) is 37.8 Å². The third-order valence-corrected chi connectivity index (χ3v) is 3.93. The number of aliphatic hydroxyl groups excluding tert-OH is 1. The average molecular weight is 170 g/mol. The fraction of sp³-hybridized carbons (Fsp3) is 1.00. The molecule has 70 valence electrons. The summed E-state index contributed by atoms with van der Waals surface area (Å²) < 4.78 is 0. The van der Waals surface area contributed by atoms with Gasteiger partial charge in [-0.25, -0.2) is 0 Å². The predicted molar refractivity (Wildman–Crippen MR) is 47.7 cm³/mol. The second-order valence-corrected chi connectivity index (χ2v) is 4.35. The predicted octanol–water partition coefficient (Wildman–Crippen LogP) is -0.303. The maximum Gasteiger partial charge on any atom is 0.0505 e. The molecule has 0 aromatic rings. The zero-order valence-corrected chi connectivity index (χ0v) is 7.47. The van der Waals surface area contributed by atoms with Gasteiger partial charge < -0.3 is 16.2 Å². The lowest BCUT2D eigenvalue weighted by Crippen LogP contribution is -2.35. The van der Waals surface area contributed by atoms with Crippen LogP contribution in [-0.4, -0.2) is 31.3 Å². The Labute approximate surface area is 73.3 Å². The number of nitrogens with two attached hydrogens (primary N) is 1. The van der Waals surface area contributed by atoms with Crippen LogP contribution in [0.4, 0.5) is 0 Å². The van der Waals surface area contributed by atoms with Crippen LogP contribution in [0, 0.1) is 10.8 Å². The maximum atomic E-state index is 9.27. The minimum absolute atomic E-state index is 0.0924. The molecule has 1 atom stereocenters. The van der Waals surface area contributed by atoms with Crippen LogP contribution >= 0.6 is 0 Å². The molecule has 0 aromatic heterocycles. The van der Waals surface area contributed by atoms with Gasteiger partial charge >= 0.3 is 0 Å². The van der Waals surface area contributed by atoms with Crippen LogP contribution in [0.1, 0.15) is 19.3 Å². The van der Waals surface area contributed by atoms with Gasteiger partial charge in [-0.2, -0.15) is 0 Å². The Morgan fingerprint density at radius 2 is 2.00 bits per heavy atom. The lowest BCUT2D eigenvalue weighted by atomic mass is 9.85. The molecule has 2 fully saturated rings. The Hall–Kier alpha value is -0.120. The minimum atomic E-state index is 0.0924. The smallest absolute Gasteiger partial charge is 0.0505 e. The van der Waals surface area contributed by atoms with Gasteiger partial charge in [0.2, 0.25) is 0 Å². The summed E-state index contributed by atoms with van der Waals surface area (Å²) in [6.07, 6.45) is 3.55. The van der Waals surface area contributed by atoms with Crippen LogP contribution in [0.3, 0.4) is 0 Å². The quantitative estimate of drug-likeness (QED) is 0.533. The summed E-state index contributed by atoms with van der Waals surface area (Å²) in [6.45, 7) is 3.14. The molecule has 1 saturated carbocycles. The van der Waals surface area contributed by atoms with Crippen LogP contribution in [0.15, 0.2) is 0 Å². The third kappa shape index (κ3) is 0.934. The highest BCUT2D eigenvalue weighted by atomic mass is 16.3. The van der Waals surface area contributed by atoms with E-state index in [1.54, 1.807) is 0 Å². The molecule has 0 amide bonds. The summed E-state index contributed by atoms with van der Waals surface area (Å²) in [5.74, 6) is 0. The molecular formula is C9H18N2O. The molecule has 1 unspecified atom stereocenters. The van der Waals surface area contributed by atoms with Crippen LogP contribution < -0.4 is 11.1 Å². The van der Waals surface area contributed by atoms with Gasteiger partial charge in [0.1, 0.15) is 0 Å². The fourth-order valence-corrected chi connectivity index (χ4v) is 2.79. The number of hydrogen-bond acceptors (Lipinski definition) is 3. The molecule has 12 heavy (non-hydrogen) atoms. The maximum absolute atomic E-state index is 9.27. The van der Waals surface area contributed by atoms with E-state index >= 15 is 0 Å². The Morgan fingerprint density at radius 1 is 1.33 bits per heavy atom. The molecule has 4 N–H and O–H groups in total. The van der Waals surface area contributed by atoms with Gasteiger partial charge in [-0.3, -0.25) is 0 Å². The monoisotopic (exact) mass is 170 g/mol. The van der Waals surface area contributed by atoms with Crippen LogP contribution in [0.2, 0.25) is 0 Å². The van der Waals surface area contributed by atoms with Gasteiger partial charge in [-0.1, -0.05) is 0 Å². The van der Waals surface area contributed by atoms with Crippen LogP contribution in [0.25, 0.3) is 0 Å². The summed E-state index contributed by atoms with van der Waals surface area (Å²) in [6, 6.07) is 0. The van der Waals surface area contributed by atoms with E-state index in [1.165, 1.54) is 12.8 Å². The second-order valence-electron chi connectivity index (χ2n) is 4.35. The van der Waals surface area contributed by atoms with Crippen molar-refractivity contribution < 1.29 is 5.11 Å². The standard InChI is InChI=1S/C9H18N2O/c10-6-9(7-12)5-8(9)1-3-11-4-2-8/h11-12H,1-7,10H2. The largest absolute Gasteiger partial charge is 0.396 e. The molecule has 3 heteroatoms. The first-order valence-corrected chi connectivity index (χ1v) is 4.80. The number of rotatable bonds is 2. The lowest BCUT2D eigenvalue weighted by molar-refractivity contribution is 0.156. The van der Waals surface area contributed by atoms with Crippen molar-refractivity contribution in [2.24, 2.45) is 16.6 Å². The van der Waals surface area contributed by atoms with E-state index in [0.29, 0.717) is 12.0 Å². The first-order valence-electron chi connectivity index (χ1n) is 4.80. The van der Waals surface area contributed by atoms with Crippen molar-refractivity contribution in [2.45, 2.75) is 19.3 Å². The number of nitrogens with one attached hydrogen (secondary N) is 1. The molecule has 0 radical (unpaired) electrons. The van der Waals surface area contributed by atoms with Gasteiger partial charge in [0.25, 0.3) is 0 Å². The lowest BCUT2D eigenvalue weighted by Gasteiger charge is -2.28. The summed E-state index contributed by atoms with van der Waals surface area (Å²) in [7, 11) is 0.